The molecule has 1 unspecified atom stereocenters. The highest BCUT2D eigenvalue weighted by Crippen LogP contribution is 2.29. The van der Waals surface area contributed by atoms with Crippen molar-refractivity contribution in [3.05, 3.63) is 24.3 Å². The van der Waals surface area contributed by atoms with Gasteiger partial charge in [-0.15, -0.1) is 0 Å². The predicted octanol–water partition coefficient (Wildman–Crippen LogP) is 1.66. The number of morpholine rings is 1. The Morgan fingerprint density at radius 1 is 1.18 bits per heavy atom. The molecule has 4 rings (SSSR count). The van der Waals surface area contributed by atoms with Gasteiger partial charge in [0.15, 0.2) is 5.58 Å². The zero-order valence-electron chi connectivity index (χ0n) is 12.4. The minimum Gasteiger partial charge on any atom is -0.423 e. The molecule has 2 aromatic rings. The summed E-state index contributed by atoms with van der Waals surface area (Å²) in [5, 5.41) is 0. The summed E-state index contributed by atoms with van der Waals surface area (Å²) in [6.45, 7) is 3.42. The summed E-state index contributed by atoms with van der Waals surface area (Å²) in [6, 6.07) is 8.10. The van der Waals surface area contributed by atoms with Gasteiger partial charge in [0.1, 0.15) is 11.6 Å². The highest BCUT2D eigenvalue weighted by molar-refractivity contribution is 5.86. The number of hydrogen-bond donors (Lipinski definition) is 0. The first-order valence-corrected chi connectivity index (χ1v) is 7.82. The number of rotatable bonds is 2. The SMILES string of the molecule is O=C(C1CCCN1c1nc2ccccc2o1)N1CCOCC1. The molecule has 22 heavy (non-hydrogen) atoms. The summed E-state index contributed by atoms with van der Waals surface area (Å²) in [5.74, 6) is 0.169. The molecule has 0 radical (unpaired) electrons. The minimum atomic E-state index is -0.161. The van der Waals surface area contributed by atoms with E-state index in [0.29, 0.717) is 32.3 Å². The van der Waals surface area contributed by atoms with E-state index >= 15 is 0 Å². The molecule has 2 aliphatic rings. The highest BCUT2D eigenvalue weighted by atomic mass is 16.5. The first kappa shape index (κ1) is 13.6. The number of carbonyl (C=O) groups excluding carboxylic acids is 1. The van der Waals surface area contributed by atoms with Gasteiger partial charge >= 0.3 is 0 Å². The summed E-state index contributed by atoms with van der Waals surface area (Å²) < 4.78 is 11.2. The standard InChI is InChI=1S/C16H19N3O3/c20-15(18-8-10-21-11-9-18)13-5-3-7-19(13)16-17-12-4-1-2-6-14(12)22-16/h1-2,4,6,13H,3,5,7-11H2. The highest BCUT2D eigenvalue weighted by Gasteiger charge is 2.36. The van der Waals surface area contributed by atoms with Crippen molar-refractivity contribution < 1.29 is 13.9 Å². The first-order valence-electron chi connectivity index (χ1n) is 7.82. The lowest BCUT2D eigenvalue weighted by atomic mass is 10.2. The van der Waals surface area contributed by atoms with Crippen molar-refractivity contribution in [2.24, 2.45) is 0 Å². The Balaban J connectivity index is 1.58. The zero-order valence-corrected chi connectivity index (χ0v) is 12.4. The van der Waals surface area contributed by atoms with Gasteiger partial charge in [-0.25, -0.2) is 0 Å². The van der Waals surface area contributed by atoms with Crippen LogP contribution in [0.2, 0.25) is 0 Å². The lowest BCUT2D eigenvalue weighted by Gasteiger charge is -2.31. The van der Waals surface area contributed by atoms with Gasteiger partial charge in [0.25, 0.3) is 6.01 Å². The normalized spacial score (nSPS) is 22.5. The number of oxazole rings is 1. The van der Waals surface area contributed by atoms with E-state index in [1.807, 2.05) is 34.1 Å². The fraction of sp³-hybridized carbons (Fsp3) is 0.500. The Hall–Kier alpha value is -2.08. The van der Waals surface area contributed by atoms with E-state index in [9.17, 15) is 4.79 Å². The maximum Gasteiger partial charge on any atom is 0.299 e. The van der Waals surface area contributed by atoms with Crippen LogP contribution in [0.4, 0.5) is 6.01 Å². The van der Waals surface area contributed by atoms with Crippen molar-refractivity contribution in [1.29, 1.82) is 0 Å². The maximum absolute atomic E-state index is 12.8. The third-order valence-corrected chi connectivity index (χ3v) is 4.39. The van der Waals surface area contributed by atoms with Gasteiger partial charge in [0.05, 0.1) is 13.2 Å². The van der Waals surface area contributed by atoms with Crippen LogP contribution >= 0.6 is 0 Å². The van der Waals surface area contributed by atoms with Crippen molar-refractivity contribution in [2.45, 2.75) is 18.9 Å². The number of para-hydroxylation sites is 2. The fourth-order valence-electron chi connectivity index (χ4n) is 3.23. The van der Waals surface area contributed by atoms with Gasteiger partial charge in [-0.2, -0.15) is 4.98 Å². The Labute approximate surface area is 128 Å². The summed E-state index contributed by atoms with van der Waals surface area (Å²) in [4.78, 5) is 21.2. The number of ether oxygens (including phenoxy) is 1. The summed E-state index contributed by atoms with van der Waals surface area (Å²) >= 11 is 0. The molecule has 1 aromatic heterocycles. The predicted molar refractivity (Wildman–Crippen MR) is 81.8 cm³/mol. The molecule has 0 N–H and O–H groups in total. The molecule has 2 fully saturated rings. The van der Waals surface area contributed by atoms with Crippen LogP contribution in [0.3, 0.4) is 0 Å². The van der Waals surface area contributed by atoms with E-state index in [4.69, 9.17) is 9.15 Å². The van der Waals surface area contributed by atoms with Crippen LogP contribution in [0.1, 0.15) is 12.8 Å². The molecule has 2 aliphatic heterocycles. The molecular formula is C16H19N3O3. The van der Waals surface area contributed by atoms with Gasteiger partial charge in [0, 0.05) is 19.6 Å². The van der Waals surface area contributed by atoms with E-state index in [0.717, 1.165) is 30.5 Å². The van der Waals surface area contributed by atoms with Crippen LogP contribution in [0, 0.1) is 0 Å². The monoisotopic (exact) mass is 301 g/mol. The molecule has 6 heteroatoms. The Kier molecular flexibility index (Phi) is 3.46. The van der Waals surface area contributed by atoms with Crippen LogP contribution in [0.25, 0.3) is 11.1 Å². The molecule has 0 aliphatic carbocycles. The van der Waals surface area contributed by atoms with Crippen molar-refractivity contribution in [1.82, 2.24) is 9.88 Å². The molecule has 0 saturated carbocycles. The first-order chi connectivity index (χ1) is 10.8. The van der Waals surface area contributed by atoms with E-state index in [1.165, 1.54) is 0 Å². The lowest BCUT2D eigenvalue weighted by molar-refractivity contribution is -0.136. The van der Waals surface area contributed by atoms with E-state index in [2.05, 4.69) is 4.98 Å². The fourth-order valence-corrected chi connectivity index (χ4v) is 3.23. The number of amides is 1. The van der Waals surface area contributed by atoms with Crippen molar-refractivity contribution in [2.75, 3.05) is 37.7 Å². The Morgan fingerprint density at radius 3 is 2.82 bits per heavy atom. The molecule has 1 amide bonds. The molecule has 6 nitrogen and oxygen atoms in total. The van der Waals surface area contributed by atoms with Crippen molar-refractivity contribution in [3.8, 4) is 0 Å². The summed E-state index contributed by atoms with van der Waals surface area (Å²) in [6.07, 6.45) is 1.84. The molecule has 116 valence electrons. The minimum absolute atomic E-state index is 0.161. The molecule has 1 atom stereocenters. The summed E-state index contributed by atoms with van der Waals surface area (Å²) in [5.41, 5.74) is 1.60. The smallest absolute Gasteiger partial charge is 0.299 e. The quantitative estimate of drug-likeness (QED) is 0.844. The van der Waals surface area contributed by atoms with Crippen molar-refractivity contribution >= 4 is 23.0 Å². The van der Waals surface area contributed by atoms with E-state index in [-0.39, 0.29) is 11.9 Å². The number of hydrogen-bond acceptors (Lipinski definition) is 5. The lowest BCUT2D eigenvalue weighted by Crippen LogP contribution is -2.49. The van der Waals surface area contributed by atoms with Crippen LogP contribution in [0.5, 0.6) is 0 Å². The van der Waals surface area contributed by atoms with Crippen LogP contribution in [-0.4, -0.2) is 54.7 Å². The van der Waals surface area contributed by atoms with Gasteiger partial charge in [-0.3, -0.25) is 4.79 Å². The molecule has 0 spiro atoms. The molecular weight excluding hydrogens is 282 g/mol. The van der Waals surface area contributed by atoms with E-state index in [1.54, 1.807) is 0 Å². The number of aromatic nitrogens is 1. The molecule has 3 heterocycles. The second kappa shape index (κ2) is 5.61. The number of nitrogens with zero attached hydrogens (tertiary/aromatic N) is 3. The van der Waals surface area contributed by atoms with E-state index < -0.39 is 0 Å². The molecule has 1 aromatic carbocycles. The van der Waals surface area contributed by atoms with Crippen LogP contribution in [-0.2, 0) is 9.53 Å². The van der Waals surface area contributed by atoms with Gasteiger partial charge in [0.2, 0.25) is 5.91 Å². The topological polar surface area (TPSA) is 58.8 Å². The molecule has 2 saturated heterocycles. The van der Waals surface area contributed by atoms with Gasteiger partial charge in [-0.1, -0.05) is 12.1 Å². The average molecular weight is 301 g/mol. The van der Waals surface area contributed by atoms with Crippen molar-refractivity contribution in [3.63, 3.8) is 0 Å². The third kappa shape index (κ3) is 2.33. The Bertz CT molecular complexity index is 645. The number of anilines is 1. The van der Waals surface area contributed by atoms with Crippen LogP contribution < -0.4 is 4.90 Å². The largest absolute Gasteiger partial charge is 0.423 e. The van der Waals surface area contributed by atoms with Gasteiger partial charge in [-0.05, 0) is 25.0 Å². The third-order valence-electron chi connectivity index (χ3n) is 4.39. The number of benzene rings is 1. The average Bonchev–Trinajstić information content (AvgIpc) is 3.21. The Morgan fingerprint density at radius 2 is 2.00 bits per heavy atom. The molecule has 0 bridgehead atoms. The second-order valence-corrected chi connectivity index (χ2v) is 5.75. The number of fused-ring (bicyclic) bond motifs is 1. The van der Waals surface area contributed by atoms with Gasteiger partial charge < -0.3 is 19.0 Å². The second-order valence-electron chi connectivity index (χ2n) is 5.75. The number of carbonyl (C=O) groups is 1. The van der Waals surface area contributed by atoms with Crippen LogP contribution in [0.15, 0.2) is 28.7 Å². The zero-order chi connectivity index (χ0) is 14.9. The maximum atomic E-state index is 12.8. The summed E-state index contributed by atoms with van der Waals surface area (Å²) in [7, 11) is 0.